The van der Waals surface area contributed by atoms with Gasteiger partial charge in [-0.3, -0.25) is 24.6 Å². The molecule has 3 aromatic carbocycles. The van der Waals surface area contributed by atoms with Crippen molar-refractivity contribution in [2.24, 2.45) is 0 Å². The molecule has 3 aliphatic rings. The van der Waals surface area contributed by atoms with Crippen molar-refractivity contribution >= 4 is 34.9 Å². The summed E-state index contributed by atoms with van der Waals surface area (Å²) in [5.74, 6) is -0.546. The van der Waals surface area contributed by atoms with E-state index in [4.69, 9.17) is 4.98 Å². The quantitative estimate of drug-likeness (QED) is 0.100. The number of benzene rings is 3. The molecule has 0 saturated carbocycles. The molecule has 5 aromatic rings. The molecule has 2 atom stereocenters. The molecule has 56 heavy (non-hydrogen) atoms. The van der Waals surface area contributed by atoms with Crippen LogP contribution in [0.2, 0.25) is 0 Å². The summed E-state index contributed by atoms with van der Waals surface area (Å²) in [5.41, 5.74) is 5.80. The second kappa shape index (κ2) is 16.6. The largest absolute Gasteiger partial charge is 0.374 e. The van der Waals surface area contributed by atoms with Crippen LogP contribution in [0.3, 0.4) is 0 Å². The summed E-state index contributed by atoms with van der Waals surface area (Å²) in [6.45, 7) is 4.11. The number of nitrogens with zero attached hydrogens (tertiary/aromatic N) is 5. The van der Waals surface area contributed by atoms with E-state index in [0.717, 1.165) is 69.6 Å². The zero-order valence-electron chi connectivity index (χ0n) is 31.2. The molecule has 3 amide bonds. The van der Waals surface area contributed by atoms with E-state index in [1.807, 2.05) is 17.0 Å². The third-order valence-electron chi connectivity index (χ3n) is 11.4. The first kappa shape index (κ1) is 37.2. The topological polar surface area (TPSA) is 124 Å². The third-order valence-corrected chi connectivity index (χ3v) is 11.4. The number of hydrogen-bond acceptors (Lipinski definition) is 8. The molecule has 3 fully saturated rings. The number of imide groups is 1. The first-order valence-electron chi connectivity index (χ1n) is 19.6. The maximum atomic E-state index is 14.7. The normalized spacial score (nSPS) is 19.4. The smallest absolute Gasteiger partial charge is 0.256 e. The summed E-state index contributed by atoms with van der Waals surface area (Å²) in [6.07, 6.45) is 9.40. The van der Waals surface area contributed by atoms with Crippen molar-refractivity contribution in [1.29, 1.82) is 0 Å². The van der Waals surface area contributed by atoms with Crippen LogP contribution in [0.1, 0.15) is 89.5 Å². The third kappa shape index (κ3) is 8.42. The van der Waals surface area contributed by atoms with Gasteiger partial charge in [0.05, 0.1) is 12.2 Å². The minimum atomic E-state index is -0.475. The van der Waals surface area contributed by atoms with Crippen molar-refractivity contribution in [1.82, 2.24) is 30.1 Å². The number of likely N-dealkylation sites (tertiary alicyclic amines) is 1. The summed E-state index contributed by atoms with van der Waals surface area (Å²) in [6, 6.07) is 21.7. The lowest BCUT2D eigenvalue weighted by Crippen LogP contribution is -2.47. The number of rotatable bonds is 12. The van der Waals surface area contributed by atoms with Crippen molar-refractivity contribution in [2.75, 3.05) is 36.4 Å². The van der Waals surface area contributed by atoms with Crippen LogP contribution in [0, 0.1) is 11.6 Å². The Bertz CT molecular complexity index is 2200. The number of nitrogens with one attached hydrogen (secondary N) is 3. The highest BCUT2D eigenvalue weighted by atomic mass is 19.1. The van der Waals surface area contributed by atoms with Crippen LogP contribution in [0.4, 0.5) is 20.3 Å². The molecule has 13 heteroatoms. The summed E-state index contributed by atoms with van der Waals surface area (Å²) in [7, 11) is 0. The molecule has 3 N–H and O–H groups in total. The molecule has 1 unspecified atom stereocenters. The number of anilines is 2. The monoisotopic (exact) mass is 760 g/mol. The van der Waals surface area contributed by atoms with Gasteiger partial charge in [-0.05, 0) is 117 Å². The lowest BCUT2D eigenvalue weighted by molar-refractivity contribution is -0.133. The van der Waals surface area contributed by atoms with Crippen LogP contribution in [-0.2, 0) is 22.6 Å². The summed E-state index contributed by atoms with van der Waals surface area (Å²) in [5, 5.41) is 13.0. The van der Waals surface area contributed by atoms with E-state index in [0.29, 0.717) is 60.9 Å². The lowest BCUT2D eigenvalue weighted by Gasteiger charge is -2.32. The van der Waals surface area contributed by atoms with Gasteiger partial charge >= 0.3 is 0 Å². The maximum Gasteiger partial charge on any atom is 0.256 e. The Labute approximate surface area is 324 Å². The molecule has 0 spiro atoms. The Morgan fingerprint density at radius 1 is 0.893 bits per heavy atom. The number of fused-ring (bicyclic) bond motifs is 1. The molecule has 0 radical (unpaired) electrons. The first-order chi connectivity index (χ1) is 27.3. The Morgan fingerprint density at radius 3 is 2.46 bits per heavy atom. The second-order valence-corrected chi connectivity index (χ2v) is 15.1. The Kier molecular flexibility index (Phi) is 11.0. The molecule has 2 aromatic heterocycles. The van der Waals surface area contributed by atoms with Gasteiger partial charge in [-0.1, -0.05) is 36.4 Å². The van der Waals surface area contributed by atoms with Gasteiger partial charge in [-0.25, -0.2) is 18.3 Å². The summed E-state index contributed by atoms with van der Waals surface area (Å²) < 4.78 is 30.2. The van der Waals surface area contributed by atoms with Crippen molar-refractivity contribution < 1.29 is 23.2 Å². The number of aryl methyl sites for hydroxylation is 1. The van der Waals surface area contributed by atoms with Crippen LogP contribution in [-0.4, -0.2) is 69.4 Å². The highest BCUT2D eigenvalue weighted by Crippen LogP contribution is 2.37. The standard InChI is InChI=1S/C43H46F2N8O3/c44-32-11-14-36(45)34(25-32)38-4-2-21-52(38)39-19-24-53-41(49-39)35(26-47-53)42(55)46-20-1-3-28-5-7-29(8-6-28)27-51-22-17-31(18-23-51)30-9-12-33(13-10-30)48-37-15-16-40(54)50-43(37)56/h5-14,19,24-26,31,37-38,48H,1-4,15-18,20-23,27H2,(H,46,55)(H,50,54,56)/t37?,38-/m1/s1. The number of amides is 3. The molecular weight excluding hydrogens is 715 g/mol. The molecule has 0 bridgehead atoms. The summed E-state index contributed by atoms with van der Waals surface area (Å²) in [4.78, 5) is 46.0. The maximum absolute atomic E-state index is 14.7. The van der Waals surface area contributed by atoms with Gasteiger partial charge in [0.15, 0.2) is 5.65 Å². The van der Waals surface area contributed by atoms with Crippen molar-refractivity contribution in [3.8, 4) is 0 Å². The molecule has 3 aliphatic heterocycles. The Balaban J connectivity index is 0.777. The van der Waals surface area contributed by atoms with E-state index in [2.05, 4.69) is 62.3 Å². The number of carbonyl (C=O) groups excluding carboxylic acids is 3. The number of piperidine rings is 2. The first-order valence-corrected chi connectivity index (χ1v) is 19.6. The zero-order valence-corrected chi connectivity index (χ0v) is 31.2. The molecule has 8 rings (SSSR count). The lowest BCUT2D eigenvalue weighted by atomic mass is 9.89. The average molecular weight is 761 g/mol. The van der Waals surface area contributed by atoms with Crippen LogP contribution >= 0.6 is 0 Å². The summed E-state index contributed by atoms with van der Waals surface area (Å²) >= 11 is 0. The van der Waals surface area contributed by atoms with E-state index in [9.17, 15) is 23.2 Å². The fourth-order valence-corrected chi connectivity index (χ4v) is 8.28. The molecule has 0 aliphatic carbocycles. The average Bonchev–Trinajstić information content (AvgIpc) is 3.88. The fourth-order valence-electron chi connectivity index (χ4n) is 8.28. The Morgan fingerprint density at radius 2 is 1.68 bits per heavy atom. The number of aromatic nitrogens is 3. The van der Waals surface area contributed by atoms with Crippen molar-refractivity contribution in [2.45, 2.75) is 75.9 Å². The van der Waals surface area contributed by atoms with Crippen molar-refractivity contribution in [3.63, 3.8) is 0 Å². The number of hydrogen-bond donors (Lipinski definition) is 3. The van der Waals surface area contributed by atoms with E-state index < -0.39 is 11.6 Å². The van der Waals surface area contributed by atoms with Gasteiger partial charge < -0.3 is 15.5 Å². The van der Waals surface area contributed by atoms with Gasteiger partial charge in [0.25, 0.3) is 5.91 Å². The van der Waals surface area contributed by atoms with Gasteiger partial charge in [0.2, 0.25) is 11.8 Å². The van der Waals surface area contributed by atoms with E-state index >= 15 is 0 Å². The van der Waals surface area contributed by atoms with Gasteiger partial charge in [-0.2, -0.15) is 5.10 Å². The van der Waals surface area contributed by atoms with Gasteiger partial charge in [0, 0.05) is 43.5 Å². The van der Waals surface area contributed by atoms with Crippen LogP contribution in [0.15, 0.2) is 85.2 Å². The SMILES string of the molecule is O=C1CCC(Nc2ccc(C3CCN(Cc4ccc(CCCNC(=O)c5cnn6ccc(N7CCC[C@@H]7c7cc(F)ccc7F)nc56)cc4)CC3)cc2)C(=O)N1. The fraction of sp³-hybridized carbons (Fsp3) is 0.372. The Hall–Kier alpha value is -5.69. The number of carbonyl (C=O) groups is 3. The van der Waals surface area contributed by atoms with Gasteiger partial charge in [0.1, 0.15) is 29.1 Å². The predicted molar refractivity (Wildman–Crippen MR) is 209 cm³/mol. The highest BCUT2D eigenvalue weighted by molar-refractivity contribution is 6.01. The van der Waals surface area contributed by atoms with Crippen LogP contribution in [0.25, 0.3) is 5.65 Å². The van der Waals surface area contributed by atoms with Crippen molar-refractivity contribution in [3.05, 3.63) is 125 Å². The molecule has 11 nitrogen and oxygen atoms in total. The highest BCUT2D eigenvalue weighted by Gasteiger charge is 2.31. The zero-order chi connectivity index (χ0) is 38.6. The molecule has 5 heterocycles. The van der Waals surface area contributed by atoms with E-state index in [1.165, 1.54) is 29.0 Å². The predicted octanol–water partition coefficient (Wildman–Crippen LogP) is 6.31. The molecular formula is C43H46F2N8O3. The molecule has 290 valence electrons. The minimum absolute atomic E-state index is 0.210. The van der Waals surface area contributed by atoms with E-state index in [-0.39, 0.29) is 29.8 Å². The van der Waals surface area contributed by atoms with E-state index in [1.54, 1.807) is 16.8 Å². The second-order valence-electron chi connectivity index (χ2n) is 15.1. The number of halogens is 2. The minimum Gasteiger partial charge on any atom is -0.374 e. The van der Waals surface area contributed by atoms with Crippen LogP contribution < -0.4 is 20.9 Å². The van der Waals surface area contributed by atoms with Crippen LogP contribution in [0.5, 0.6) is 0 Å². The van der Waals surface area contributed by atoms with Gasteiger partial charge in [-0.15, -0.1) is 0 Å². The molecule has 3 saturated heterocycles.